The van der Waals surface area contributed by atoms with E-state index in [4.69, 9.17) is 5.11 Å². The lowest BCUT2D eigenvalue weighted by atomic mass is 10.2. The van der Waals surface area contributed by atoms with Gasteiger partial charge in [0, 0.05) is 10.6 Å². The van der Waals surface area contributed by atoms with Gasteiger partial charge >= 0.3 is 5.97 Å². The van der Waals surface area contributed by atoms with Gasteiger partial charge in [-0.25, -0.2) is 4.79 Å². The van der Waals surface area contributed by atoms with Crippen molar-refractivity contribution in [1.29, 1.82) is 0 Å². The van der Waals surface area contributed by atoms with E-state index in [1.165, 1.54) is 24.3 Å². The summed E-state index contributed by atoms with van der Waals surface area (Å²) in [6.45, 7) is 0. The van der Waals surface area contributed by atoms with E-state index in [1.807, 2.05) is 0 Å². The van der Waals surface area contributed by atoms with Crippen LogP contribution in [-0.2, 0) is 4.57 Å². The molecule has 0 spiro atoms. The molecule has 0 amide bonds. The number of hydrogen-bond donors (Lipinski definition) is 2. The minimum atomic E-state index is -3.64. The number of rotatable bonds is 3. The van der Waals surface area contributed by atoms with E-state index in [0.717, 1.165) is 0 Å². The molecule has 0 heterocycles. The number of hydrogen-bond acceptors (Lipinski definition) is 2. The first-order valence-electron chi connectivity index (χ1n) is 5.24. The van der Waals surface area contributed by atoms with Crippen LogP contribution in [0.15, 0.2) is 54.6 Å². The van der Waals surface area contributed by atoms with Crippen molar-refractivity contribution >= 4 is 23.9 Å². The summed E-state index contributed by atoms with van der Waals surface area (Å²) < 4.78 is 12.3. The molecule has 2 N–H and O–H groups in total. The van der Waals surface area contributed by atoms with E-state index >= 15 is 0 Å². The molecule has 1 atom stereocenters. The first-order chi connectivity index (χ1) is 8.51. The molecule has 0 fully saturated rings. The monoisotopic (exact) mass is 262 g/mol. The van der Waals surface area contributed by atoms with Crippen molar-refractivity contribution in [1.82, 2.24) is 0 Å². The Bertz CT molecular complexity index is 605. The Morgan fingerprint density at radius 3 is 1.89 bits per heavy atom. The Morgan fingerprint density at radius 2 is 1.39 bits per heavy atom. The van der Waals surface area contributed by atoms with Crippen molar-refractivity contribution in [2.24, 2.45) is 0 Å². The summed E-state index contributed by atoms with van der Waals surface area (Å²) in [5.41, 5.74) is 0.0896. The normalized spacial score (nSPS) is 13.8. The molecule has 18 heavy (non-hydrogen) atoms. The van der Waals surface area contributed by atoms with Crippen molar-refractivity contribution in [3.63, 3.8) is 0 Å². The maximum absolute atomic E-state index is 12.3. The van der Waals surface area contributed by atoms with E-state index in [0.29, 0.717) is 5.30 Å². The number of carboxylic acid groups (broad SMARTS) is 1. The van der Waals surface area contributed by atoms with Gasteiger partial charge in [-0.15, -0.1) is 0 Å². The van der Waals surface area contributed by atoms with Crippen LogP contribution in [0.25, 0.3) is 0 Å². The highest BCUT2D eigenvalue weighted by Gasteiger charge is 2.23. The predicted octanol–water partition coefficient (Wildman–Crippen LogP) is 1.61. The second kappa shape index (κ2) is 4.77. The number of benzene rings is 2. The third kappa shape index (κ3) is 2.35. The lowest BCUT2D eigenvalue weighted by Crippen LogP contribution is -2.15. The van der Waals surface area contributed by atoms with E-state index < -0.39 is 13.3 Å². The molecule has 0 aliphatic rings. The molecule has 1 unspecified atom stereocenters. The molecule has 5 heteroatoms. The van der Waals surface area contributed by atoms with Gasteiger partial charge in [-0.2, -0.15) is 0 Å². The van der Waals surface area contributed by atoms with Crippen LogP contribution < -0.4 is 10.6 Å². The van der Waals surface area contributed by atoms with Crippen molar-refractivity contribution in [3.05, 3.63) is 60.2 Å². The third-order valence-electron chi connectivity index (χ3n) is 2.57. The first-order valence-corrected chi connectivity index (χ1v) is 6.90. The first kappa shape index (κ1) is 12.6. The van der Waals surface area contributed by atoms with Crippen molar-refractivity contribution in [2.45, 2.75) is 0 Å². The largest absolute Gasteiger partial charge is 0.478 e. The SMILES string of the molecule is O=C(O)c1ccc(P(=O)(O)c2ccccc2)cc1. The van der Waals surface area contributed by atoms with Gasteiger partial charge in [0.15, 0.2) is 0 Å². The molecule has 0 bridgehead atoms. The average molecular weight is 262 g/mol. The van der Waals surface area contributed by atoms with E-state index in [-0.39, 0.29) is 10.9 Å². The Balaban J connectivity index is 2.42. The van der Waals surface area contributed by atoms with Crippen LogP contribution in [0.2, 0.25) is 0 Å². The minimum Gasteiger partial charge on any atom is -0.478 e. The fourth-order valence-electron chi connectivity index (χ4n) is 1.59. The smallest absolute Gasteiger partial charge is 0.335 e. The van der Waals surface area contributed by atoms with Gasteiger partial charge in [-0.05, 0) is 36.4 Å². The van der Waals surface area contributed by atoms with Crippen LogP contribution in [0.3, 0.4) is 0 Å². The van der Waals surface area contributed by atoms with Crippen LogP contribution in [0.5, 0.6) is 0 Å². The molecule has 0 saturated heterocycles. The molecular weight excluding hydrogens is 251 g/mol. The van der Waals surface area contributed by atoms with E-state index in [1.54, 1.807) is 30.3 Å². The van der Waals surface area contributed by atoms with Crippen LogP contribution in [0.4, 0.5) is 0 Å². The summed E-state index contributed by atoms with van der Waals surface area (Å²) in [6.07, 6.45) is 0. The van der Waals surface area contributed by atoms with Gasteiger partial charge in [-0.3, -0.25) is 4.57 Å². The van der Waals surface area contributed by atoms with E-state index in [9.17, 15) is 14.3 Å². The van der Waals surface area contributed by atoms with Gasteiger partial charge in [0.05, 0.1) is 5.56 Å². The lowest BCUT2D eigenvalue weighted by molar-refractivity contribution is 0.0697. The molecule has 92 valence electrons. The standard InChI is InChI=1S/C13H11O4P/c14-13(15)10-6-8-12(9-7-10)18(16,17)11-4-2-1-3-5-11/h1-9H,(H,14,15)(H,16,17). The summed E-state index contributed by atoms with van der Waals surface area (Å²) in [5.74, 6) is -1.06. The molecule has 0 aliphatic carbocycles. The van der Waals surface area contributed by atoms with Crippen molar-refractivity contribution < 1.29 is 19.4 Å². The Kier molecular flexibility index (Phi) is 3.32. The highest BCUT2D eigenvalue weighted by atomic mass is 31.2. The summed E-state index contributed by atoms with van der Waals surface area (Å²) in [5, 5.41) is 9.31. The summed E-state index contributed by atoms with van der Waals surface area (Å²) in [7, 11) is -3.64. The van der Waals surface area contributed by atoms with Crippen LogP contribution in [0.1, 0.15) is 10.4 Å². The third-order valence-corrected chi connectivity index (χ3v) is 4.57. The highest BCUT2D eigenvalue weighted by molar-refractivity contribution is 7.73. The average Bonchev–Trinajstić information content (AvgIpc) is 2.40. The lowest BCUT2D eigenvalue weighted by Gasteiger charge is -2.12. The molecular formula is C13H11O4P. The summed E-state index contributed by atoms with van der Waals surface area (Å²) in [4.78, 5) is 20.8. The van der Waals surface area contributed by atoms with Gasteiger partial charge < -0.3 is 10.00 Å². The number of aromatic carboxylic acids is 1. The summed E-state index contributed by atoms with van der Waals surface area (Å²) in [6, 6.07) is 13.7. The second-order valence-corrected chi connectivity index (χ2v) is 5.95. The van der Waals surface area contributed by atoms with Crippen molar-refractivity contribution in [3.8, 4) is 0 Å². The van der Waals surface area contributed by atoms with E-state index in [2.05, 4.69) is 0 Å². The molecule has 2 aromatic carbocycles. The fourth-order valence-corrected chi connectivity index (χ4v) is 3.01. The number of carbonyl (C=O) groups is 1. The zero-order valence-electron chi connectivity index (χ0n) is 9.35. The zero-order valence-corrected chi connectivity index (χ0v) is 10.2. The topological polar surface area (TPSA) is 74.6 Å². The fraction of sp³-hybridized carbons (Fsp3) is 0. The van der Waals surface area contributed by atoms with Gasteiger partial charge in [0.25, 0.3) is 7.37 Å². The van der Waals surface area contributed by atoms with Crippen LogP contribution in [-0.4, -0.2) is 16.0 Å². The van der Waals surface area contributed by atoms with Crippen LogP contribution in [0, 0.1) is 0 Å². The molecule has 2 aromatic rings. The highest BCUT2D eigenvalue weighted by Crippen LogP contribution is 2.37. The molecule has 0 saturated carbocycles. The van der Waals surface area contributed by atoms with Gasteiger partial charge in [0.1, 0.15) is 0 Å². The van der Waals surface area contributed by atoms with Gasteiger partial charge in [0.2, 0.25) is 0 Å². The molecule has 4 nitrogen and oxygen atoms in total. The second-order valence-electron chi connectivity index (χ2n) is 3.76. The van der Waals surface area contributed by atoms with Crippen molar-refractivity contribution in [2.75, 3.05) is 0 Å². The maximum Gasteiger partial charge on any atom is 0.335 e. The summed E-state index contributed by atoms with van der Waals surface area (Å²) >= 11 is 0. The van der Waals surface area contributed by atoms with Crippen LogP contribution >= 0.6 is 7.37 Å². The molecule has 0 aliphatic heterocycles. The quantitative estimate of drug-likeness (QED) is 0.824. The minimum absolute atomic E-state index is 0.0896. The molecule has 0 aromatic heterocycles. The predicted molar refractivity (Wildman–Crippen MR) is 68.9 cm³/mol. The Labute approximate surface area is 104 Å². The number of carboxylic acids is 1. The maximum atomic E-state index is 12.3. The molecule has 2 rings (SSSR count). The Morgan fingerprint density at radius 1 is 0.889 bits per heavy atom. The zero-order chi connectivity index (χ0) is 13.2. The van der Waals surface area contributed by atoms with Gasteiger partial charge in [-0.1, -0.05) is 18.2 Å². The Hall–Kier alpha value is -1.90. The molecule has 0 radical (unpaired) electrons.